The number of nitrogens with two attached hydrogens (primary N) is 1. The van der Waals surface area contributed by atoms with Crippen LogP contribution >= 0.6 is 0 Å². The minimum Gasteiger partial charge on any atom is -0.398 e. The van der Waals surface area contributed by atoms with Crippen LogP contribution in [0.1, 0.15) is 37.3 Å². The van der Waals surface area contributed by atoms with E-state index in [1.165, 1.54) is 12.1 Å². The molecule has 0 aliphatic heterocycles. The molecular formula is C11H14F3N. The van der Waals surface area contributed by atoms with Gasteiger partial charge in [-0.3, -0.25) is 0 Å². The topological polar surface area (TPSA) is 26.0 Å². The highest BCUT2D eigenvalue weighted by Gasteiger charge is 2.34. The lowest BCUT2D eigenvalue weighted by molar-refractivity contribution is -0.138. The highest BCUT2D eigenvalue weighted by atomic mass is 19.4. The van der Waals surface area contributed by atoms with E-state index in [1.807, 2.05) is 6.92 Å². The minimum absolute atomic E-state index is 0.178. The maximum atomic E-state index is 12.7. The number of rotatable bonds is 2. The van der Waals surface area contributed by atoms with Gasteiger partial charge in [0.1, 0.15) is 0 Å². The molecule has 0 saturated carbocycles. The summed E-state index contributed by atoms with van der Waals surface area (Å²) in [7, 11) is 0. The van der Waals surface area contributed by atoms with Gasteiger partial charge in [0.2, 0.25) is 0 Å². The molecule has 0 aromatic heterocycles. The fourth-order valence-electron chi connectivity index (χ4n) is 1.58. The van der Waals surface area contributed by atoms with E-state index in [-0.39, 0.29) is 17.2 Å². The summed E-state index contributed by atoms with van der Waals surface area (Å²) in [6, 6.07) is 3.93. The van der Waals surface area contributed by atoms with Crippen molar-refractivity contribution in [2.45, 2.75) is 32.4 Å². The standard InChI is InChI=1S/C11H14F3N/c1-3-7(2)10-8(11(12,13)14)5-4-6-9(10)15/h4-7H,3,15H2,1-2H3. The molecule has 0 amide bonds. The Morgan fingerprint density at radius 1 is 1.33 bits per heavy atom. The Hall–Kier alpha value is -1.19. The normalized spacial score (nSPS) is 13.9. The van der Waals surface area contributed by atoms with Crippen molar-refractivity contribution in [3.8, 4) is 0 Å². The number of benzene rings is 1. The zero-order valence-electron chi connectivity index (χ0n) is 8.73. The van der Waals surface area contributed by atoms with Crippen molar-refractivity contribution in [2.24, 2.45) is 0 Å². The summed E-state index contributed by atoms with van der Waals surface area (Å²) in [5.41, 5.74) is 5.42. The molecule has 1 aromatic carbocycles. The minimum atomic E-state index is -4.33. The fourth-order valence-corrected chi connectivity index (χ4v) is 1.58. The summed E-state index contributed by atoms with van der Waals surface area (Å²) in [5.74, 6) is -0.178. The van der Waals surface area contributed by atoms with Crippen LogP contribution in [-0.2, 0) is 6.18 Å². The van der Waals surface area contributed by atoms with Crippen molar-refractivity contribution in [3.05, 3.63) is 29.3 Å². The quantitative estimate of drug-likeness (QED) is 0.749. The van der Waals surface area contributed by atoms with E-state index < -0.39 is 11.7 Å². The molecule has 0 bridgehead atoms. The van der Waals surface area contributed by atoms with Crippen LogP contribution in [-0.4, -0.2) is 0 Å². The van der Waals surface area contributed by atoms with Crippen LogP contribution in [0.15, 0.2) is 18.2 Å². The second-order valence-corrected chi connectivity index (χ2v) is 3.62. The molecule has 15 heavy (non-hydrogen) atoms. The van der Waals surface area contributed by atoms with Crippen molar-refractivity contribution < 1.29 is 13.2 Å². The average molecular weight is 217 g/mol. The fraction of sp³-hybridized carbons (Fsp3) is 0.455. The summed E-state index contributed by atoms with van der Waals surface area (Å²) >= 11 is 0. The lowest BCUT2D eigenvalue weighted by Crippen LogP contribution is -2.12. The molecule has 0 heterocycles. The maximum absolute atomic E-state index is 12.7. The van der Waals surface area contributed by atoms with Gasteiger partial charge in [0.15, 0.2) is 0 Å². The Bertz CT molecular complexity index is 344. The van der Waals surface area contributed by atoms with Gasteiger partial charge in [-0.2, -0.15) is 13.2 Å². The van der Waals surface area contributed by atoms with Crippen LogP contribution in [0.5, 0.6) is 0 Å². The molecule has 4 heteroatoms. The SMILES string of the molecule is CCC(C)c1c(N)cccc1C(F)(F)F. The van der Waals surface area contributed by atoms with E-state index in [9.17, 15) is 13.2 Å². The first-order valence-electron chi connectivity index (χ1n) is 4.83. The van der Waals surface area contributed by atoms with Gasteiger partial charge in [-0.05, 0) is 30.0 Å². The molecule has 0 aliphatic rings. The van der Waals surface area contributed by atoms with Crippen LogP contribution in [0, 0.1) is 0 Å². The monoisotopic (exact) mass is 217 g/mol. The summed E-state index contributed by atoms with van der Waals surface area (Å²) in [6.07, 6.45) is -3.69. The smallest absolute Gasteiger partial charge is 0.398 e. The molecule has 0 radical (unpaired) electrons. The number of hydrogen-bond acceptors (Lipinski definition) is 1. The van der Waals surface area contributed by atoms with Crippen molar-refractivity contribution >= 4 is 5.69 Å². The molecule has 1 nitrogen and oxygen atoms in total. The van der Waals surface area contributed by atoms with Gasteiger partial charge in [-0.25, -0.2) is 0 Å². The zero-order chi connectivity index (χ0) is 11.6. The Morgan fingerprint density at radius 3 is 2.40 bits per heavy atom. The summed E-state index contributed by atoms with van der Waals surface area (Å²) in [6.45, 7) is 3.60. The van der Waals surface area contributed by atoms with Crippen LogP contribution in [0.4, 0.5) is 18.9 Å². The van der Waals surface area contributed by atoms with Crippen molar-refractivity contribution in [3.63, 3.8) is 0 Å². The average Bonchev–Trinajstić information content (AvgIpc) is 2.15. The van der Waals surface area contributed by atoms with Gasteiger partial charge in [-0.15, -0.1) is 0 Å². The number of alkyl halides is 3. The van der Waals surface area contributed by atoms with Crippen LogP contribution in [0.2, 0.25) is 0 Å². The summed E-state index contributed by atoms with van der Waals surface area (Å²) in [5, 5.41) is 0. The number of anilines is 1. The molecule has 1 atom stereocenters. The van der Waals surface area contributed by atoms with E-state index in [0.717, 1.165) is 6.07 Å². The molecule has 0 spiro atoms. The third-order valence-corrected chi connectivity index (χ3v) is 2.55. The molecule has 1 rings (SSSR count). The highest BCUT2D eigenvalue weighted by molar-refractivity contribution is 5.53. The first-order valence-corrected chi connectivity index (χ1v) is 4.83. The van der Waals surface area contributed by atoms with E-state index in [1.54, 1.807) is 6.92 Å². The van der Waals surface area contributed by atoms with Gasteiger partial charge in [0.05, 0.1) is 5.56 Å². The molecule has 0 saturated heterocycles. The van der Waals surface area contributed by atoms with Crippen LogP contribution in [0.3, 0.4) is 0 Å². The van der Waals surface area contributed by atoms with Gasteiger partial charge in [0, 0.05) is 5.69 Å². The Kier molecular flexibility index (Phi) is 3.27. The maximum Gasteiger partial charge on any atom is 0.416 e. The Labute approximate surface area is 87.1 Å². The second-order valence-electron chi connectivity index (χ2n) is 3.62. The van der Waals surface area contributed by atoms with Crippen LogP contribution in [0.25, 0.3) is 0 Å². The summed E-state index contributed by atoms with van der Waals surface area (Å²) < 4.78 is 38.0. The van der Waals surface area contributed by atoms with Gasteiger partial charge in [0.25, 0.3) is 0 Å². The molecule has 1 unspecified atom stereocenters. The van der Waals surface area contributed by atoms with E-state index in [0.29, 0.717) is 6.42 Å². The van der Waals surface area contributed by atoms with E-state index >= 15 is 0 Å². The van der Waals surface area contributed by atoms with Crippen molar-refractivity contribution in [1.29, 1.82) is 0 Å². The molecule has 84 valence electrons. The van der Waals surface area contributed by atoms with Gasteiger partial charge < -0.3 is 5.73 Å². The predicted octanol–water partition coefficient (Wildman–Crippen LogP) is 3.80. The molecule has 0 aliphatic carbocycles. The molecule has 1 aromatic rings. The molecule has 2 N–H and O–H groups in total. The summed E-state index contributed by atoms with van der Waals surface area (Å²) in [4.78, 5) is 0. The van der Waals surface area contributed by atoms with Crippen molar-refractivity contribution in [2.75, 3.05) is 5.73 Å². The zero-order valence-corrected chi connectivity index (χ0v) is 8.73. The van der Waals surface area contributed by atoms with E-state index in [4.69, 9.17) is 5.73 Å². The first kappa shape index (κ1) is 11.9. The van der Waals surface area contributed by atoms with Crippen molar-refractivity contribution in [1.82, 2.24) is 0 Å². The molecule has 0 fully saturated rings. The number of halogens is 3. The number of nitrogen functional groups attached to an aromatic ring is 1. The highest BCUT2D eigenvalue weighted by Crippen LogP contribution is 2.38. The predicted molar refractivity (Wildman–Crippen MR) is 54.6 cm³/mol. The third kappa shape index (κ3) is 2.43. The molecular weight excluding hydrogens is 203 g/mol. The largest absolute Gasteiger partial charge is 0.416 e. The Balaban J connectivity index is 3.33. The second kappa shape index (κ2) is 4.13. The van der Waals surface area contributed by atoms with Gasteiger partial charge >= 0.3 is 6.18 Å². The Morgan fingerprint density at radius 2 is 1.93 bits per heavy atom. The van der Waals surface area contributed by atoms with Gasteiger partial charge in [-0.1, -0.05) is 19.9 Å². The lowest BCUT2D eigenvalue weighted by atomic mass is 9.92. The van der Waals surface area contributed by atoms with E-state index in [2.05, 4.69) is 0 Å². The third-order valence-electron chi connectivity index (χ3n) is 2.55. The van der Waals surface area contributed by atoms with Crippen LogP contribution < -0.4 is 5.73 Å². The lowest BCUT2D eigenvalue weighted by Gasteiger charge is -2.19. The first-order chi connectivity index (χ1) is 6.88. The number of hydrogen-bond donors (Lipinski definition) is 1.